The maximum absolute atomic E-state index is 11.9. The van der Waals surface area contributed by atoms with Crippen molar-refractivity contribution in [1.82, 2.24) is 15.1 Å². The number of nitrogens with zero attached hydrogens (tertiary/aromatic N) is 2. The quantitative estimate of drug-likeness (QED) is 0.484. The summed E-state index contributed by atoms with van der Waals surface area (Å²) in [5.41, 5.74) is 5.39. The van der Waals surface area contributed by atoms with E-state index in [0.717, 1.165) is 26.2 Å². The first-order valence-electron chi connectivity index (χ1n) is 7.41. The topological polar surface area (TPSA) is 87.9 Å². The molecule has 0 saturated carbocycles. The standard InChI is InChI=1S/C14H28N4O3/c1-5-21-13(20)11(15)12(19)16-10-14(2,3)18-8-6-17(4)7-9-18/h11H,5-10,15H2,1-4H3,(H,16,19). The van der Waals surface area contributed by atoms with Gasteiger partial charge in [0.1, 0.15) is 0 Å². The molecule has 7 heteroatoms. The van der Waals surface area contributed by atoms with Gasteiger partial charge in [0.2, 0.25) is 5.91 Å². The Balaban J connectivity index is 2.45. The molecule has 0 aromatic heterocycles. The molecule has 21 heavy (non-hydrogen) atoms. The van der Waals surface area contributed by atoms with Gasteiger partial charge >= 0.3 is 5.97 Å². The lowest BCUT2D eigenvalue weighted by molar-refractivity contribution is -0.148. The first-order chi connectivity index (χ1) is 9.77. The Morgan fingerprint density at radius 3 is 2.38 bits per heavy atom. The smallest absolute Gasteiger partial charge is 0.332 e. The largest absolute Gasteiger partial charge is 0.464 e. The van der Waals surface area contributed by atoms with Crippen LogP contribution in [0.15, 0.2) is 0 Å². The average Bonchev–Trinajstić information content (AvgIpc) is 2.44. The Morgan fingerprint density at radius 2 is 1.86 bits per heavy atom. The summed E-state index contributed by atoms with van der Waals surface area (Å²) in [6.45, 7) is 10.4. The van der Waals surface area contributed by atoms with Crippen LogP contribution in [0.5, 0.6) is 0 Å². The molecule has 1 saturated heterocycles. The highest BCUT2D eigenvalue weighted by atomic mass is 16.5. The fourth-order valence-corrected chi connectivity index (χ4v) is 2.28. The number of amides is 1. The predicted molar refractivity (Wildman–Crippen MR) is 80.8 cm³/mol. The van der Waals surface area contributed by atoms with Gasteiger partial charge in [0.15, 0.2) is 6.04 Å². The second-order valence-electron chi connectivity index (χ2n) is 6.05. The number of rotatable bonds is 6. The minimum absolute atomic E-state index is 0.175. The normalized spacial score (nSPS) is 19.1. The van der Waals surface area contributed by atoms with E-state index in [2.05, 4.69) is 36.0 Å². The van der Waals surface area contributed by atoms with Crippen molar-refractivity contribution in [2.24, 2.45) is 5.73 Å². The molecule has 1 fully saturated rings. The van der Waals surface area contributed by atoms with Gasteiger partial charge in [0, 0.05) is 38.3 Å². The van der Waals surface area contributed by atoms with Gasteiger partial charge in [0.25, 0.3) is 0 Å². The number of likely N-dealkylation sites (N-methyl/N-ethyl adjacent to an activating group) is 1. The zero-order chi connectivity index (χ0) is 16.0. The van der Waals surface area contributed by atoms with E-state index in [9.17, 15) is 9.59 Å². The van der Waals surface area contributed by atoms with Crippen LogP contribution in [0.1, 0.15) is 20.8 Å². The lowest BCUT2D eigenvalue weighted by Gasteiger charge is -2.43. The number of carbonyl (C=O) groups excluding carboxylic acids is 2. The molecule has 1 aliphatic heterocycles. The van der Waals surface area contributed by atoms with E-state index in [-0.39, 0.29) is 12.1 Å². The third kappa shape index (κ3) is 5.26. The summed E-state index contributed by atoms with van der Waals surface area (Å²) in [6.07, 6.45) is 0. The first-order valence-corrected chi connectivity index (χ1v) is 7.41. The first kappa shape index (κ1) is 17.9. The lowest BCUT2D eigenvalue weighted by Crippen LogP contribution is -2.59. The summed E-state index contributed by atoms with van der Waals surface area (Å²) >= 11 is 0. The van der Waals surface area contributed by atoms with Gasteiger partial charge < -0.3 is 20.7 Å². The van der Waals surface area contributed by atoms with Crippen LogP contribution in [-0.2, 0) is 14.3 Å². The van der Waals surface area contributed by atoms with Gasteiger partial charge in [-0.05, 0) is 27.8 Å². The fraction of sp³-hybridized carbons (Fsp3) is 0.857. The van der Waals surface area contributed by atoms with E-state index in [4.69, 9.17) is 10.5 Å². The number of carbonyl (C=O) groups is 2. The molecule has 7 nitrogen and oxygen atoms in total. The molecular formula is C14H28N4O3. The number of piperazine rings is 1. The highest BCUT2D eigenvalue weighted by molar-refractivity contribution is 6.01. The van der Waals surface area contributed by atoms with Crippen molar-refractivity contribution in [2.75, 3.05) is 46.4 Å². The number of hydrogen-bond acceptors (Lipinski definition) is 6. The Hall–Kier alpha value is -1.18. The van der Waals surface area contributed by atoms with Crippen molar-refractivity contribution in [2.45, 2.75) is 32.4 Å². The summed E-state index contributed by atoms with van der Waals surface area (Å²) in [7, 11) is 2.10. The number of esters is 1. The lowest BCUT2D eigenvalue weighted by atomic mass is 10.0. The Kier molecular flexibility index (Phi) is 6.57. The van der Waals surface area contributed by atoms with Crippen LogP contribution in [0.2, 0.25) is 0 Å². The van der Waals surface area contributed by atoms with E-state index >= 15 is 0 Å². The molecule has 0 aliphatic carbocycles. The van der Waals surface area contributed by atoms with Crippen LogP contribution >= 0.6 is 0 Å². The molecule has 1 atom stereocenters. The second-order valence-corrected chi connectivity index (χ2v) is 6.05. The highest BCUT2D eigenvalue weighted by Gasteiger charge is 2.31. The summed E-state index contributed by atoms with van der Waals surface area (Å²) in [4.78, 5) is 27.9. The minimum Gasteiger partial charge on any atom is -0.464 e. The molecule has 0 aromatic rings. The van der Waals surface area contributed by atoms with Gasteiger partial charge in [-0.2, -0.15) is 0 Å². The van der Waals surface area contributed by atoms with Crippen molar-refractivity contribution in [3.05, 3.63) is 0 Å². The third-order valence-corrected chi connectivity index (χ3v) is 3.88. The molecule has 1 aliphatic rings. The maximum atomic E-state index is 11.9. The van der Waals surface area contributed by atoms with Crippen molar-refractivity contribution in [3.8, 4) is 0 Å². The summed E-state index contributed by atoms with van der Waals surface area (Å²) in [5.74, 6) is -1.18. The van der Waals surface area contributed by atoms with Gasteiger partial charge in [-0.3, -0.25) is 9.69 Å². The Labute approximate surface area is 126 Å². The van der Waals surface area contributed by atoms with E-state index in [0.29, 0.717) is 6.54 Å². The van der Waals surface area contributed by atoms with Gasteiger partial charge in [-0.1, -0.05) is 0 Å². The SMILES string of the molecule is CCOC(=O)C(N)C(=O)NCC(C)(C)N1CCN(C)CC1. The van der Waals surface area contributed by atoms with E-state index in [1.54, 1.807) is 6.92 Å². The van der Waals surface area contributed by atoms with Crippen LogP contribution in [0.3, 0.4) is 0 Å². The van der Waals surface area contributed by atoms with Gasteiger partial charge in [-0.15, -0.1) is 0 Å². The van der Waals surface area contributed by atoms with Crippen LogP contribution in [-0.4, -0.2) is 79.6 Å². The van der Waals surface area contributed by atoms with Crippen molar-refractivity contribution in [1.29, 1.82) is 0 Å². The summed E-state index contributed by atoms with van der Waals surface area (Å²) in [6, 6.07) is -1.26. The molecule has 1 unspecified atom stereocenters. The molecule has 0 bridgehead atoms. The predicted octanol–water partition coefficient (Wildman–Crippen LogP) is -0.981. The number of nitrogens with two attached hydrogens (primary N) is 1. The van der Waals surface area contributed by atoms with Crippen LogP contribution < -0.4 is 11.1 Å². The summed E-state index contributed by atoms with van der Waals surface area (Å²) in [5, 5.41) is 2.75. The monoisotopic (exact) mass is 300 g/mol. The molecule has 1 heterocycles. The highest BCUT2D eigenvalue weighted by Crippen LogP contribution is 2.15. The number of hydrogen-bond donors (Lipinski definition) is 2. The van der Waals surface area contributed by atoms with Crippen LogP contribution in [0.25, 0.3) is 0 Å². The molecule has 0 spiro atoms. The molecule has 122 valence electrons. The maximum Gasteiger partial charge on any atom is 0.332 e. The zero-order valence-corrected chi connectivity index (χ0v) is 13.5. The number of ether oxygens (including phenoxy) is 1. The van der Waals surface area contributed by atoms with Gasteiger partial charge in [-0.25, -0.2) is 4.79 Å². The number of nitrogens with one attached hydrogen (secondary N) is 1. The van der Waals surface area contributed by atoms with E-state index < -0.39 is 17.9 Å². The van der Waals surface area contributed by atoms with Gasteiger partial charge in [0.05, 0.1) is 6.61 Å². The molecule has 1 amide bonds. The fourth-order valence-electron chi connectivity index (χ4n) is 2.28. The van der Waals surface area contributed by atoms with Crippen molar-refractivity contribution < 1.29 is 14.3 Å². The molecule has 3 N–H and O–H groups in total. The Bertz CT molecular complexity index is 365. The van der Waals surface area contributed by atoms with Crippen LogP contribution in [0.4, 0.5) is 0 Å². The average molecular weight is 300 g/mol. The molecule has 1 rings (SSSR count). The summed E-state index contributed by atoms with van der Waals surface area (Å²) < 4.78 is 4.74. The minimum atomic E-state index is -1.26. The van der Waals surface area contributed by atoms with Crippen molar-refractivity contribution in [3.63, 3.8) is 0 Å². The Morgan fingerprint density at radius 1 is 1.29 bits per heavy atom. The molecule has 0 radical (unpaired) electrons. The third-order valence-electron chi connectivity index (χ3n) is 3.88. The van der Waals surface area contributed by atoms with Crippen molar-refractivity contribution >= 4 is 11.9 Å². The zero-order valence-electron chi connectivity index (χ0n) is 13.5. The van der Waals surface area contributed by atoms with E-state index in [1.807, 2.05) is 0 Å². The molecular weight excluding hydrogens is 272 g/mol. The van der Waals surface area contributed by atoms with Crippen LogP contribution in [0, 0.1) is 0 Å². The molecule has 0 aromatic carbocycles. The second kappa shape index (κ2) is 7.72. The van der Waals surface area contributed by atoms with E-state index in [1.165, 1.54) is 0 Å².